The lowest BCUT2D eigenvalue weighted by molar-refractivity contribution is -0.133. The lowest BCUT2D eigenvalue weighted by Crippen LogP contribution is -2.45. The Morgan fingerprint density at radius 1 is 1.00 bits per heavy atom. The summed E-state index contributed by atoms with van der Waals surface area (Å²) >= 11 is 0. The number of unbranched alkanes of at least 4 members (excludes halogenated alkanes) is 2. The van der Waals surface area contributed by atoms with Gasteiger partial charge in [-0.05, 0) is 65.9 Å². The molecule has 0 radical (unpaired) electrons. The molecule has 178 valence electrons. The number of nitrogens with one attached hydrogen (secondary N) is 1. The zero-order valence-electron chi connectivity index (χ0n) is 21.2. The Balaban J connectivity index is 4.50. The minimum absolute atomic E-state index is 0.143. The second-order valence-corrected chi connectivity index (χ2v) is 9.52. The molecule has 0 aliphatic rings. The number of hydrogen-bond donors (Lipinski definition) is 3. The summed E-state index contributed by atoms with van der Waals surface area (Å²) < 4.78 is 0. The molecule has 1 amide bonds. The Kier molecular flexibility index (Phi) is 14.4. The normalized spacial score (nSPS) is 15.9. The molecule has 3 atom stereocenters. The second-order valence-electron chi connectivity index (χ2n) is 9.52. The highest BCUT2D eigenvalue weighted by Crippen LogP contribution is 2.26. The van der Waals surface area contributed by atoms with Crippen LogP contribution >= 0.6 is 0 Å². The highest BCUT2D eigenvalue weighted by molar-refractivity contribution is 5.83. The van der Waals surface area contributed by atoms with E-state index in [2.05, 4.69) is 39.9 Å². The average molecular weight is 434 g/mol. The summed E-state index contributed by atoms with van der Waals surface area (Å²) in [5.41, 5.74) is 2.36. The Labute approximate surface area is 191 Å². The third kappa shape index (κ3) is 11.5. The minimum Gasteiger partial charge on any atom is -0.393 e. The number of rotatable bonds is 14. The van der Waals surface area contributed by atoms with E-state index in [-0.39, 0.29) is 12.0 Å². The van der Waals surface area contributed by atoms with Gasteiger partial charge in [0.15, 0.2) is 0 Å². The van der Waals surface area contributed by atoms with Crippen LogP contribution in [0, 0.1) is 11.3 Å². The summed E-state index contributed by atoms with van der Waals surface area (Å²) in [5.74, 6) is 0.195. The molecule has 0 saturated heterocycles. The summed E-state index contributed by atoms with van der Waals surface area (Å²) in [5, 5.41) is 23.7. The largest absolute Gasteiger partial charge is 0.393 e. The molecule has 3 N–H and O–H groups in total. The highest BCUT2D eigenvalue weighted by Gasteiger charge is 2.36. The molecule has 0 rings (SSSR count). The summed E-state index contributed by atoms with van der Waals surface area (Å²) in [6, 6.07) is 0. The number of aliphatic hydroxyl groups is 2. The SMILES string of the molecule is CCC(C)C(O)CCCCCNC(=O)C(C)(C)C(O)\C(C)=C/C=C\C=C\C(C)=C(C)C. The van der Waals surface area contributed by atoms with Crippen LogP contribution in [0.2, 0.25) is 0 Å². The van der Waals surface area contributed by atoms with Gasteiger partial charge in [-0.15, -0.1) is 0 Å². The van der Waals surface area contributed by atoms with Gasteiger partial charge in [-0.3, -0.25) is 4.79 Å². The molecule has 0 bridgehead atoms. The van der Waals surface area contributed by atoms with Crippen molar-refractivity contribution in [3.63, 3.8) is 0 Å². The number of carbonyl (C=O) groups excluding carboxylic acids is 1. The Hall–Kier alpha value is -1.65. The van der Waals surface area contributed by atoms with Gasteiger partial charge in [-0.1, -0.05) is 74.6 Å². The summed E-state index contributed by atoms with van der Waals surface area (Å²) in [6.07, 6.45) is 13.2. The monoisotopic (exact) mass is 433 g/mol. The van der Waals surface area contributed by atoms with E-state index in [0.29, 0.717) is 12.5 Å². The van der Waals surface area contributed by atoms with E-state index < -0.39 is 11.5 Å². The van der Waals surface area contributed by atoms with E-state index in [9.17, 15) is 15.0 Å². The van der Waals surface area contributed by atoms with Crippen LogP contribution in [0.3, 0.4) is 0 Å². The van der Waals surface area contributed by atoms with Gasteiger partial charge in [0.05, 0.1) is 17.6 Å². The van der Waals surface area contributed by atoms with Crippen molar-refractivity contribution in [2.45, 2.75) is 99.7 Å². The molecular weight excluding hydrogens is 386 g/mol. The predicted octanol–water partition coefficient (Wildman–Crippen LogP) is 5.87. The van der Waals surface area contributed by atoms with E-state index in [4.69, 9.17) is 0 Å². The van der Waals surface area contributed by atoms with E-state index in [1.165, 1.54) is 11.1 Å². The topological polar surface area (TPSA) is 69.6 Å². The zero-order chi connectivity index (χ0) is 24.0. The standard InChI is InChI=1S/C27H47NO3/c1-9-21(4)24(29)18-14-11-15-19-28-26(31)27(7,8)25(30)23(6)17-13-10-12-16-22(5)20(2)3/h10,12-13,16-17,21,24-25,29-30H,9,11,14-15,18-19H2,1-8H3,(H,28,31)/b13-10-,16-12+,23-17-. The van der Waals surface area contributed by atoms with Gasteiger partial charge in [0.25, 0.3) is 0 Å². The summed E-state index contributed by atoms with van der Waals surface area (Å²) in [7, 11) is 0. The van der Waals surface area contributed by atoms with Gasteiger partial charge in [-0.2, -0.15) is 0 Å². The fraction of sp³-hybridized carbons (Fsp3) is 0.667. The molecule has 0 aromatic carbocycles. The highest BCUT2D eigenvalue weighted by atomic mass is 16.3. The fourth-order valence-corrected chi connectivity index (χ4v) is 3.06. The van der Waals surface area contributed by atoms with E-state index in [1.54, 1.807) is 13.8 Å². The van der Waals surface area contributed by atoms with Gasteiger partial charge in [-0.25, -0.2) is 0 Å². The second kappa shape index (κ2) is 15.2. The van der Waals surface area contributed by atoms with Gasteiger partial charge >= 0.3 is 0 Å². The number of allylic oxidation sites excluding steroid dienone is 7. The van der Waals surface area contributed by atoms with Crippen molar-refractivity contribution in [3.05, 3.63) is 47.1 Å². The van der Waals surface area contributed by atoms with Gasteiger partial charge < -0.3 is 15.5 Å². The maximum Gasteiger partial charge on any atom is 0.228 e. The van der Waals surface area contributed by atoms with Crippen molar-refractivity contribution in [1.82, 2.24) is 5.32 Å². The third-order valence-electron chi connectivity index (χ3n) is 6.18. The molecular formula is C27H47NO3. The number of hydrogen-bond acceptors (Lipinski definition) is 3. The first-order chi connectivity index (χ1) is 14.4. The van der Waals surface area contributed by atoms with Crippen molar-refractivity contribution in [3.8, 4) is 0 Å². The van der Waals surface area contributed by atoms with Crippen LogP contribution in [-0.2, 0) is 4.79 Å². The van der Waals surface area contributed by atoms with Gasteiger partial charge in [0.2, 0.25) is 5.91 Å². The zero-order valence-corrected chi connectivity index (χ0v) is 21.2. The molecule has 4 nitrogen and oxygen atoms in total. The molecule has 4 heteroatoms. The number of amides is 1. The fourth-order valence-electron chi connectivity index (χ4n) is 3.06. The van der Waals surface area contributed by atoms with E-state index in [0.717, 1.165) is 37.7 Å². The minimum atomic E-state index is -0.907. The summed E-state index contributed by atoms with van der Waals surface area (Å²) in [6.45, 7) is 16.4. The molecule has 0 fully saturated rings. The van der Waals surface area contributed by atoms with Crippen LogP contribution in [0.25, 0.3) is 0 Å². The molecule has 0 heterocycles. The van der Waals surface area contributed by atoms with Crippen LogP contribution in [0.15, 0.2) is 47.1 Å². The summed E-state index contributed by atoms with van der Waals surface area (Å²) in [4.78, 5) is 12.6. The van der Waals surface area contributed by atoms with Crippen molar-refractivity contribution >= 4 is 5.91 Å². The number of carbonyl (C=O) groups is 1. The first-order valence-electron chi connectivity index (χ1n) is 11.7. The molecule has 0 spiro atoms. The van der Waals surface area contributed by atoms with Crippen LogP contribution in [0.5, 0.6) is 0 Å². The predicted molar refractivity (Wildman–Crippen MR) is 133 cm³/mol. The first kappa shape index (κ1) is 29.4. The van der Waals surface area contributed by atoms with Crippen molar-refractivity contribution in [2.75, 3.05) is 6.54 Å². The molecule has 0 aliphatic carbocycles. The lowest BCUT2D eigenvalue weighted by atomic mass is 9.81. The molecule has 0 aromatic rings. The molecule has 0 saturated carbocycles. The van der Waals surface area contributed by atoms with Crippen molar-refractivity contribution in [2.24, 2.45) is 11.3 Å². The van der Waals surface area contributed by atoms with Crippen molar-refractivity contribution < 1.29 is 15.0 Å². The Morgan fingerprint density at radius 3 is 2.23 bits per heavy atom. The Morgan fingerprint density at radius 2 is 1.65 bits per heavy atom. The molecule has 3 unspecified atom stereocenters. The van der Waals surface area contributed by atoms with Crippen molar-refractivity contribution in [1.29, 1.82) is 0 Å². The van der Waals surface area contributed by atoms with E-state index in [1.807, 2.05) is 37.3 Å². The maximum absolute atomic E-state index is 12.6. The van der Waals surface area contributed by atoms with Gasteiger partial charge in [0, 0.05) is 6.54 Å². The van der Waals surface area contributed by atoms with Crippen LogP contribution in [0.4, 0.5) is 0 Å². The molecule has 31 heavy (non-hydrogen) atoms. The quantitative estimate of drug-likeness (QED) is 0.237. The van der Waals surface area contributed by atoms with Crippen LogP contribution in [0.1, 0.15) is 87.5 Å². The van der Waals surface area contributed by atoms with Gasteiger partial charge in [0.1, 0.15) is 0 Å². The van der Waals surface area contributed by atoms with Crippen LogP contribution in [-0.4, -0.2) is 34.9 Å². The van der Waals surface area contributed by atoms with Crippen LogP contribution < -0.4 is 5.32 Å². The third-order valence-corrected chi connectivity index (χ3v) is 6.18. The lowest BCUT2D eigenvalue weighted by Gasteiger charge is -2.30. The first-order valence-corrected chi connectivity index (χ1v) is 11.7. The maximum atomic E-state index is 12.6. The number of aliphatic hydroxyl groups excluding tert-OH is 2. The smallest absolute Gasteiger partial charge is 0.228 e. The molecule has 0 aliphatic heterocycles. The van der Waals surface area contributed by atoms with E-state index >= 15 is 0 Å². The average Bonchev–Trinajstić information content (AvgIpc) is 2.73. The molecule has 0 aromatic heterocycles. The Bertz CT molecular complexity index is 651.